The summed E-state index contributed by atoms with van der Waals surface area (Å²) >= 11 is 0. The molecule has 0 fully saturated rings. The highest BCUT2D eigenvalue weighted by molar-refractivity contribution is 7.90. The van der Waals surface area contributed by atoms with Gasteiger partial charge in [-0.15, -0.1) is 0 Å². The van der Waals surface area contributed by atoms with Crippen LogP contribution in [0.1, 0.15) is 5.56 Å². The molecule has 2 aromatic rings. The van der Waals surface area contributed by atoms with Gasteiger partial charge in [-0.25, -0.2) is 12.4 Å². The number of rotatable bonds is 2. The summed E-state index contributed by atoms with van der Waals surface area (Å²) in [5.74, 6) is 0.788. The maximum Gasteiger partial charge on any atom is 0.267 e. The van der Waals surface area contributed by atoms with Crippen molar-refractivity contribution in [3.05, 3.63) is 48.3 Å². The van der Waals surface area contributed by atoms with Crippen molar-refractivity contribution in [1.82, 2.24) is 3.97 Å². The minimum absolute atomic E-state index is 0.304. The first-order chi connectivity index (χ1) is 8.18. The Labute approximate surface area is 99.5 Å². The fourth-order valence-corrected chi connectivity index (χ4v) is 3.16. The molecule has 1 aromatic heterocycles. The van der Waals surface area contributed by atoms with Crippen molar-refractivity contribution in [2.75, 3.05) is 6.61 Å². The third kappa shape index (κ3) is 1.63. The van der Waals surface area contributed by atoms with Crippen LogP contribution < -0.4 is 4.74 Å². The van der Waals surface area contributed by atoms with E-state index < -0.39 is 10.0 Å². The largest absolute Gasteiger partial charge is 0.493 e. The number of hydrogen-bond donors (Lipinski definition) is 0. The van der Waals surface area contributed by atoms with E-state index in [1.807, 2.05) is 0 Å². The van der Waals surface area contributed by atoms with E-state index in [1.54, 1.807) is 30.3 Å². The zero-order valence-electron chi connectivity index (χ0n) is 9.04. The lowest BCUT2D eigenvalue weighted by Crippen LogP contribution is -2.10. The number of ether oxygens (including phenoxy) is 1. The molecule has 1 aromatic carbocycles. The van der Waals surface area contributed by atoms with E-state index in [2.05, 4.69) is 0 Å². The van der Waals surface area contributed by atoms with Crippen LogP contribution in [-0.4, -0.2) is 19.0 Å². The van der Waals surface area contributed by atoms with Crippen LogP contribution in [0, 0.1) is 0 Å². The Morgan fingerprint density at radius 2 is 1.94 bits per heavy atom. The Bertz CT molecular complexity index is 644. The Balaban J connectivity index is 2.11. The molecule has 1 aliphatic rings. The van der Waals surface area contributed by atoms with Crippen LogP contribution in [0.2, 0.25) is 0 Å². The second-order valence-electron chi connectivity index (χ2n) is 3.89. The third-order valence-electron chi connectivity index (χ3n) is 2.81. The average Bonchev–Trinajstić information content (AvgIpc) is 2.99. The third-order valence-corrected chi connectivity index (χ3v) is 4.46. The number of fused-ring (bicyclic) bond motifs is 1. The van der Waals surface area contributed by atoms with E-state index in [9.17, 15) is 8.42 Å². The lowest BCUT2D eigenvalue weighted by molar-refractivity contribution is 0.356. The summed E-state index contributed by atoms with van der Waals surface area (Å²) in [4.78, 5) is 0.304. The molecule has 0 N–H and O–H groups in total. The molecule has 1 aliphatic heterocycles. The fourth-order valence-electron chi connectivity index (χ4n) is 1.92. The summed E-state index contributed by atoms with van der Waals surface area (Å²) in [6, 6.07) is 8.37. The topological polar surface area (TPSA) is 48.3 Å². The predicted molar refractivity (Wildman–Crippen MR) is 62.7 cm³/mol. The van der Waals surface area contributed by atoms with E-state index >= 15 is 0 Å². The molecule has 3 rings (SSSR count). The highest BCUT2D eigenvalue weighted by Gasteiger charge is 2.19. The second-order valence-corrected chi connectivity index (χ2v) is 5.73. The summed E-state index contributed by atoms with van der Waals surface area (Å²) in [6.45, 7) is 0.627. The molecule has 0 saturated carbocycles. The summed E-state index contributed by atoms with van der Waals surface area (Å²) in [6.07, 6.45) is 3.82. The van der Waals surface area contributed by atoms with Gasteiger partial charge in [0.25, 0.3) is 10.0 Å². The molecule has 0 atom stereocenters. The molecule has 0 saturated heterocycles. The molecule has 88 valence electrons. The van der Waals surface area contributed by atoms with Crippen LogP contribution >= 0.6 is 0 Å². The zero-order chi connectivity index (χ0) is 11.9. The smallest absolute Gasteiger partial charge is 0.267 e. The quantitative estimate of drug-likeness (QED) is 0.813. The number of nitrogens with zero attached hydrogens (tertiary/aromatic N) is 1. The van der Waals surface area contributed by atoms with Gasteiger partial charge >= 0.3 is 0 Å². The maximum absolute atomic E-state index is 12.2. The van der Waals surface area contributed by atoms with Crippen LogP contribution in [0.3, 0.4) is 0 Å². The van der Waals surface area contributed by atoms with Crippen molar-refractivity contribution in [3.8, 4) is 5.75 Å². The molecular formula is C12H11NO3S. The summed E-state index contributed by atoms with van der Waals surface area (Å²) in [7, 11) is -3.46. The van der Waals surface area contributed by atoms with Gasteiger partial charge in [0.2, 0.25) is 0 Å². The molecular weight excluding hydrogens is 238 g/mol. The van der Waals surface area contributed by atoms with Gasteiger partial charge in [0, 0.05) is 18.8 Å². The van der Waals surface area contributed by atoms with Crippen LogP contribution in [0.5, 0.6) is 5.75 Å². The van der Waals surface area contributed by atoms with Crippen molar-refractivity contribution in [1.29, 1.82) is 0 Å². The monoisotopic (exact) mass is 249 g/mol. The van der Waals surface area contributed by atoms with Crippen molar-refractivity contribution < 1.29 is 13.2 Å². The summed E-state index contributed by atoms with van der Waals surface area (Å²) in [5, 5.41) is 0. The normalized spacial score (nSPS) is 14.4. The van der Waals surface area contributed by atoms with E-state index in [0.717, 1.165) is 17.7 Å². The molecule has 5 heteroatoms. The average molecular weight is 249 g/mol. The molecule has 2 heterocycles. The Morgan fingerprint density at radius 3 is 2.71 bits per heavy atom. The molecule has 0 bridgehead atoms. The SMILES string of the molecule is O=S(=O)(c1ccc2c(c1)CCO2)n1cccc1. The highest BCUT2D eigenvalue weighted by Crippen LogP contribution is 2.28. The summed E-state index contributed by atoms with van der Waals surface area (Å²) in [5.41, 5.74) is 0.957. The van der Waals surface area contributed by atoms with Crippen LogP contribution in [0.4, 0.5) is 0 Å². The van der Waals surface area contributed by atoms with Crippen LogP contribution in [0.25, 0.3) is 0 Å². The Hall–Kier alpha value is -1.75. The van der Waals surface area contributed by atoms with Gasteiger partial charge in [0.05, 0.1) is 11.5 Å². The first kappa shape index (κ1) is 10.4. The van der Waals surface area contributed by atoms with E-state index in [1.165, 1.54) is 16.4 Å². The van der Waals surface area contributed by atoms with E-state index in [0.29, 0.717) is 11.5 Å². The first-order valence-electron chi connectivity index (χ1n) is 5.32. The van der Waals surface area contributed by atoms with E-state index in [-0.39, 0.29) is 0 Å². The molecule has 0 radical (unpaired) electrons. The van der Waals surface area contributed by atoms with Gasteiger partial charge in [-0.1, -0.05) is 0 Å². The van der Waals surface area contributed by atoms with Crippen molar-refractivity contribution in [3.63, 3.8) is 0 Å². The fraction of sp³-hybridized carbons (Fsp3) is 0.167. The minimum atomic E-state index is -3.46. The van der Waals surface area contributed by atoms with Gasteiger partial charge in [0.1, 0.15) is 5.75 Å². The number of hydrogen-bond acceptors (Lipinski definition) is 3. The standard InChI is InChI=1S/C12H11NO3S/c14-17(15,13-6-1-2-7-13)11-3-4-12-10(9-11)5-8-16-12/h1-4,6-7,9H,5,8H2. The van der Waals surface area contributed by atoms with Crippen molar-refractivity contribution >= 4 is 10.0 Å². The van der Waals surface area contributed by atoms with Gasteiger partial charge in [-0.2, -0.15) is 0 Å². The van der Waals surface area contributed by atoms with Gasteiger partial charge in [-0.05, 0) is 35.9 Å². The molecule has 0 aliphatic carbocycles. The highest BCUT2D eigenvalue weighted by atomic mass is 32.2. The van der Waals surface area contributed by atoms with Gasteiger partial charge < -0.3 is 4.74 Å². The maximum atomic E-state index is 12.2. The Morgan fingerprint density at radius 1 is 1.18 bits per heavy atom. The van der Waals surface area contributed by atoms with Crippen LogP contribution in [-0.2, 0) is 16.4 Å². The molecule has 0 amide bonds. The van der Waals surface area contributed by atoms with Crippen LogP contribution in [0.15, 0.2) is 47.6 Å². The summed E-state index contributed by atoms with van der Waals surface area (Å²) < 4.78 is 31.0. The molecule has 17 heavy (non-hydrogen) atoms. The van der Waals surface area contributed by atoms with E-state index in [4.69, 9.17) is 4.74 Å². The van der Waals surface area contributed by atoms with Gasteiger partial charge in [0.15, 0.2) is 0 Å². The van der Waals surface area contributed by atoms with Crippen molar-refractivity contribution in [2.45, 2.75) is 11.3 Å². The lowest BCUT2D eigenvalue weighted by Gasteiger charge is -2.06. The van der Waals surface area contributed by atoms with Crippen molar-refractivity contribution in [2.24, 2.45) is 0 Å². The molecule has 0 spiro atoms. The zero-order valence-corrected chi connectivity index (χ0v) is 9.85. The van der Waals surface area contributed by atoms with Gasteiger partial charge in [-0.3, -0.25) is 0 Å². The number of benzene rings is 1. The minimum Gasteiger partial charge on any atom is -0.493 e. The predicted octanol–water partition coefficient (Wildman–Crippen LogP) is 1.66. The Kier molecular flexibility index (Phi) is 2.22. The molecule has 0 unspecified atom stereocenters. The first-order valence-corrected chi connectivity index (χ1v) is 6.76. The lowest BCUT2D eigenvalue weighted by atomic mass is 10.2. The molecule has 4 nitrogen and oxygen atoms in total. The number of aromatic nitrogens is 1. The second kappa shape index (κ2) is 3.63.